The summed E-state index contributed by atoms with van der Waals surface area (Å²) in [7, 11) is 0. The Morgan fingerprint density at radius 3 is 2.67 bits per heavy atom. The van der Waals surface area contributed by atoms with Gasteiger partial charge in [0.25, 0.3) is 0 Å². The molecule has 1 aliphatic heterocycles. The third kappa shape index (κ3) is 4.55. The largest absolute Gasteiger partial charge is 0.379 e. The maximum Gasteiger partial charge on any atom is 0.187 e. The highest BCUT2D eigenvalue weighted by Crippen LogP contribution is 2.11. The highest BCUT2D eigenvalue weighted by atomic mass is 32.2. The Balaban J connectivity index is 1.69. The average molecular weight is 267 g/mol. The van der Waals surface area contributed by atoms with Crippen LogP contribution in [0.2, 0.25) is 0 Å². The van der Waals surface area contributed by atoms with Crippen LogP contribution in [-0.4, -0.2) is 53.5 Å². The first-order valence-corrected chi connectivity index (χ1v) is 7.61. The van der Waals surface area contributed by atoms with Crippen LogP contribution in [0.4, 0.5) is 0 Å². The van der Waals surface area contributed by atoms with E-state index in [9.17, 15) is 0 Å². The van der Waals surface area contributed by atoms with Crippen LogP contribution in [-0.2, 0) is 11.2 Å². The molecule has 1 aliphatic rings. The van der Waals surface area contributed by atoms with Gasteiger partial charge in [0, 0.05) is 25.5 Å². The molecule has 100 valence electrons. The van der Waals surface area contributed by atoms with Crippen molar-refractivity contribution in [3.05, 3.63) is 18.0 Å². The van der Waals surface area contributed by atoms with E-state index in [0.717, 1.165) is 50.2 Å². The minimum Gasteiger partial charge on any atom is -0.379 e. The Kier molecular flexibility index (Phi) is 5.90. The van der Waals surface area contributed by atoms with Gasteiger partial charge in [-0.05, 0) is 30.7 Å². The Hall–Kier alpha value is -0.650. The van der Waals surface area contributed by atoms with Gasteiger partial charge in [0.1, 0.15) is 0 Å². The molecule has 1 saturated heterocycles. The lowest BCUT2D eigenvalue weighted by Gasteiger charge is -2.26. The Morgan fingerprint density at radius 2 is 2.00 bits per heavy atom. The molecule has 0 radical (unpaired) electrons. The molecule has 0 bridgehead atoms. The van der Waals surface area contributed by atoms with Crippen molar-refractivity contribution in [2.45, 2.75) is 24.9 Å². The lowest BCUT2D eigenvalue weighted by Crippen LogP contribution is -2.36. The van der Waals surface area contributed by atoms with Gasteiger partial charge in [0.15, 0.2) is 5.16 Å². The zero-order chi connectivity index (χ0) is 12.6. The summed E-state index contributed by atoms with van der Waals surface area (Å²) >= 11 is 1.69. The molecule has 1 fully saturated rings. The SMILES string of the molecule is CCSc1ncc(CCCN2CCOCC2)cn1. The Labute approximate surface area is 113 Å². The van der Waals surface area contributed by atoms with Crippen molar-refractivity contribution in [3.63, 3.8) is 0 Å². The second-order valence-electron chi connectivity index (χ2n) is 4.36. The summed E-state index contributed by atoms with van der Waals surface area (Å²) in [6.45, 7) is 7.17. The topological polar surface area (TPSA) is 38.2 Å². The molecule has 5 heteroatoms. The standard InChI is InChI=1S/C13H21N3OS/c1-2-18-13-14-10-12(11-15-13)4-3-5-16-6-8-17-9-7-16/h10-11H,2-9H2,1H3. The van der Waals surface area contributed by atoms with Crippen LogP contribution in [0.15, 0.2) is 17.6 Å². The molecular formula is C13H21N3OS. The minimum absolute atomic E-state index is 0.881. The molecule has 4 nitrogen and oxygen atoms in total. The summed E-state index contributed by atoms with van der Waals surface area (Å²) in [4.78, 5) is 11.2. The normalized spacial score (nSPS) is 16.9. The minimum atomic E-state index is 0.881. The molecule has 0 unspecified atom stereocenters. The number of aromatic nitrogens is 2. The van der Waals surface area contributed by atoms with Crippen molar-refractivity contribution in [1.29, 1.82) is 0 Å². The van der Waals surface area contributed by atoms with Gasteiger partial charge in [-0.15, -0.1) is 0 Å². The first kappa shape index (κ1) is 13.8. The van der Waals surface area contributed by atoms with Crippen LogP contribution in [0.3, 0.4) is 0 Å². The Bertz CT molecular complexity index is 339. The third-order valence-corrected chi connectivity index (χ3v) is 3.76. The fourth-order valence-electron chi connectivity index (χ4n) is 2.01. The van der Waals surface area contributed by atoms with Crippen LogP contribution in [0.1, 0.15) is 18.9 Å². The maximum absolute atomic E-state index is 5.34. The fraction of sp³-hybridized carbons (Fsp3) is 0.692. The predicted molar refractivity (Wildman–Crippen MR) is 74.0 cm³/mol. The number of morpholine rings is 1. The zero-order valence-electron chi connectivity index (χ0n) is 11.0. The summed E-state index contributed by atoms with van der Waals surface area (Å²) in [5, 5.41) is 0.884. The van der Waals surface area contributed by atoms with Crippen molar-refractivity contribution >= 4 is 11.8 Å². The molecule has 1 aromatic heterocycles. The molecule has 18 heavy (non-hydrogen) atoms. The molecule has 2 heterocycles. The number of rotatable bonds is 6. The molecule has 1 aromatic rings. The molecule has 0 aromatic carbocycles. The van der Waals surface area contributed by atoms with Gasteiger partial charge in [-0.2, -0.15) is 0 Å². The van der Waals surface area contributed by atoms with E-state index in [4.69, 9.17) is 4.74 Å². The second-order valence-corrected chi connectivity index (χ2v) is 5.60. The van der Waals surface area contributed by atoms with Gasteiger partial charge in [-0.25, -0.2) is 9.97 Å². The highest BCUT2D eigenvalue weighted by molar-refractivity contribution is 7.99. The van der Waals surface area contributed by atoms with Crippen molar-refractivity contribution < 1.29 is 4.74 Å². The lowest BCUT2D eigenvalue weighted by atomic mass is 10.2. The number of nitrogens with zero attached hydrogens (tertiary/aromatic N) is 3. The van der Waals surface area contributed by atoms with Crippen LogP contribution in [0, 0.1) is 0 Å². The summed E-state index contributed by atoms with van der Waals surface area (Å²) in [6.07, 6.45) is 6.16. The summed E-state index contributed by atoms with van der Waals surface area (Å²) in [5.74, 6) is 1.02. The van der Waals surface area contributed by atoms with Crippen molar-refractivity contribution in [1.82, 2.24) is 14.9 Å². The van der Waals surface area contributed by atoms with Crippen molar-refractivity contribution in [3.8, 4) is 0 Å². The smallest absolute Gasteiger partial charge is 0.187 e. The van der Waals surface area contributed by atoms with Crippen LogP contribution in [0.5, 0.6) is 0 Å². The van der Waals surface area contributed by atoms with Gasteiger partial charge in [0.05, 0.1) is 13.2 Å². The maximum atomic E-state index is 5.34. The Morgan fingerprint density at radius 1 is 1.28 bits per heavy atom. The molecule has 0 aliphatic carbocycles. The summed E-state index contributed by atoms with van der Waals surface area (Å²) in [5.41, 5.74) is 1.24. The summed E-state index contributed by atoms with van der Waals surface area (Å²) < 4.78 is 5.34. The number of hydrogen-bond acceptors (Lipinski definition) is 5. The van der Waals surface area contributed by atoms with Crippen molar-refractivity contribution in [2.75, 3.05) is 38.6 Å². The number of thioether (sulfide) groups is 1. The lowest BCUT2D eigenvalue weighted by molar-refractivity contribution is 0.0374. The first-order valence-electron chi connectivity index (χ1n) is 6.62. The fourth-order valence-corrected chi connectivity index (χ4v) is 2.52. The quantitative estimate of drug-likeness (QED) is 0.581. The second kappa shape index (κ2) is 7.71. The monoisotopic (exact) mass is 267 g/mol. The van der Waals surface area contributed by atoms with Gasteiger partial charge in [-0.3, -0.25) is 4.90 Å². The molecule has 0 atom stereocenters. The van der Waals surface area contributed by atoms with Crippen molar-refractivity contribution in [2.24, 2.45) is 0 Å². The van der Waals surface area contributed by atoms with Crippen LogP contribution < -0.4 is 0 Å². The molecule has 0 saturated carbocycles. The number of aryl methyl sites for hydroxylation is 1. The van der Waals surface area contributed by atoms with Gasteiger partial charge in [-0.1, -0.05) is 18.7 Å². The van der Waals surface area contributed by atoms with Gasteiger partial charge < -0.3 is 4.74 Å². The summed E-state index contributed by atoms with van der Waals surface area (Å²) in [6, 6.07) is 0. The molecule has 2 rings (SSSR count). The number of hydrogen-bond donors (Lipinski definition) is 0. The third-order valence-electron chi connectivity index (χ3n) is 3.00. The van der Waals surface area contributed by atoms with E-state index in [-0.39, 0.29) is 0 Å². The van der Waals surface area contributed by atoms with E-state index in [0.29, 0.717) is 0 Å². The average Bonchev–Trinajstić information content (AvgIpc) is 2.42. The van der Waals surface area contributed by atoms with Gasteiger partial charge in [0.2, 0.25) is 0 Å². The number of ether oxygens (including phenoxy) is 1. The highest BCUT2D eigenvalue weighted by Gasteiger charge is 2.09. The van der Waals surface area contributed by atoms with E-state index >= 15 is 0 Å². The van der Waals surface area contributed by atoms with E-state index < -0.39 is 0 Å². The molecular weight excluding hydrogens is 246 g/mol. The molecule has 0 spiro atoms. The van der Waals surface area contributed by atoms with E-state index in [2.05, 4.69) is 21.8 Å². The molecule has 0 N–H and O–H groups in total. The van der Waals surface area contributed by atoms with E-state index in [1.54, 1.807) is 11.8 Å². The van der Waals surface area contributed by atoms with E-state index in [1.807, 2.05) is 12.4 Å². The van der Waals surface area contributed by atoms with Gasteiger partial charge >= 0.3 is 0 Å². The zero-order valence-corrected chi connectivity index (χ0v) is 11.8. The predicted octanol–water partition coefficient (Wildman–Crippen LogP) is 1.85. The van der Waals surface area contributed by atoms with Crippen LogP contribution in [0.25, 0.3) is 0 Å². The first-order chi connectivity index (χ1) is 8.88. The molecule has 0 amide bonds. The van der Waals surface area contributed by atoms with E-state index in [1.165, 1.54) is 12.0 Å². The van der Waals surface area contributed by atoms with Crippen LogP contribution >= 0.6 is 11.8 Å².